The van der Waals surface area contributed by atoms with Gasteiger partial charge in [0.15, 0.2) is 0 Å². The molecule has 8 aromatic rings. The Balaban J connectivity index is 0.911. The zero-order valence-electron chi connectivity index (χ0n) is 43.9. The van der Waals surface area contributed by atoms with Crippen LogP contribution in [0.5, 0.6) is 0 Å². The van der Waals surface area contributed by atoms with Crippen LogP contribution in [-0.4, -0.2) is 89.2 Å². The smallest absolute Gasteiger partial charge is 0.303 e. The van der Waals surface area contributed by atoms with Crippen molar-refractivity contribution < 1.29 is 44.1 Å². The average Bonchev–Trinajstić information content (AvgIpc) is 4.46. The lowest BCUT2D eigenvalue weighted by molar-refractivity contribution is -0.139. The number of aryl methyl sites for hydroxylation is 4. The minimum absolute atomic E-state index is 0.0163. The van der Waals surface area contributed by atoms with Gasteiger partial charge < -0.3 is 30.4 Å². The molecule has 0 saturated carbocycles. The lowest BCUT2D eigenvalue weighted by atomic mass is 9.93. The highest BCUT2D eigenvalue weighted by molar-refractivity contribution is 8.00. The quantitative estimate of drug-likeness (QED) is 0.0412. The molecule has 3 amide bonds. The summed E-state index contributed by atoms with van der Waals surface area (Å²) in [6.45, 7) is 0.335. The SMILES string of the molecule is CSC1CC(=O)N(CCNC(=O)CCc2ccc(N(c3ccc(CCC(=O)O)cc3)c3ccc(-c4c5c(c(-c6ccc(N(c7ccc(CCC(=O)O)cc7)c7ccc(CCC(=O)O)cc7)cc6)c6nsnc46)N=S=N5)cc3)cc2)C1=O. The minimum Gasteiger partial charge on any atom is -0.481 e. The number of hydrogen-bond acceptors (Lipinski definition) is 14. The van der Waals surface area contributed by atoms with E-state index in [2.05, 4.69) is 15.1 Å². The Hall–Kier alpha value is -8.85. The molecular formula is C61H54N8O9S3. The van der Waals surface area contributed by atoms with Crippen molar-refractivity contribution >= 4 is 127 Å². The average molecular weight is 1140 g/mol. The molecule has 1 unspecified atom stereocenters. The minimum atomic E-state index is -0.866. The standard InChI is InChI=1S/C61H54N8O9S3/c1-79-49-36-51(71)67(61(49)78)35-34-62-50(70)30-10-37-2-18-43(19-3-37)68(44-20-4-38(5-21-44)11-31-52(72)73)47-26-14-41(15-27-47)55-57-59(65-80-63-57)56(60-58(55)64-81-66-60)42-16-28-48(29-17-42)69(45-22-6-39(7-23-45)12-32-53(74)75)46-24-8-40(9-25-46)13-33-54(76)77/h2-9,14-29,49H,10-13,30-36H2,1H3,(H,62,70)(H,72,73)(H,74,75)(H,76,77). The molecule has 4 N–H and O–H groups in total. The Morgan fingerprint density at radius 2 is 0.889 bits per heavy atom. The van der Waals surface area contributed by atoms with Crippen molar-refractivity contribution in [3.05, 3.63) is 168 Å². The van der Waals surface area contributed by atoms with Crippen LogP contribution in [0.3, 0.4) is 0 Å². The molecule has 10 rings (SSSR count). The summed E-state index contributed by atoms with van der Waals surface area (Å²) in [4.78, 5) is 77.1. The molecule has 1 fully saturated rings. The van der Waals surface area contributed by atoms with Crippen molar-refractivity contribution in [2.24, 2.45) is 8.73 Å². The van der Waals surface area contributed by atoms with Gasteiger partial charge in [0.25, 0.3) is 0 Å². The number of likely N-dealkylation sites (tertiary alicyclic amines) is 1. The first-order valence-corrected chi connectivity index (χ1v) is 28.9. The van der Waals surface area contributed by atoms with Crippen LogP contribution in [0.25, 0.3) is 33.3 Å². The van der Waals surface area contributed by atoms with E-state index in [1.807, 2.05) is 146 Å². The molecule has 3 heterocycles. The van der Waals surface area contributed by atoms with Crippen molar-refractivity contribution in [2.75, 3.05) is 29.1 Å². The van der Waals surface area contributed by atoms with Crippen molar-refractivity contribution in [1.29, 1.82) is 0 Å². The Morgan fingerprint density at radius 3 is 1.22 bits per heavy atom. The maximum atomic E-state index is 12.9. The summed E-state index contributed by atoms with van der Waals surface area (Å²) in [5.74, 6) is -3.19. The molecule has 0 bridgehead atoms. The third-order valence-corrected chi connectivity index (χ3v) is 16.2. The summed E-state index contributed by atoms with van der Waals surface area (Å²) < 4.78 is 19.4. The van der Waals surface area contributed by atoms with Gasteiger partial charge in [-0.3, -0.25) is 33.7 Å². The summed E-state index contributed by atoms with van der Waals surface area (Å²) in [6, 6.07) is 47.6. The molecule has 1 saturated heterocycles. The molecule has 2 aliphatic heterocycles. The van der Waals surface area contributed by atoms with Crippen molar-refractivity contribution in [2.45, 2.75) is 63.0 Å². The van der Waals surface area contributed by atoms with Crippen LogP contribution >= 0.6 is 23.5 Å². The van der Waals surface area contributed by atoms with Gasteiger partial charge >= 0.3 is 17.9 Å². The van der Waals surface area contributed by atoms with Crippen molar-refractivity contribution in [3.8, 4) is 22.3 Å². The number of carboxylic acid groups (broad SMARTS) is 3. The number of anilines is 6. The van der Waals surface area contributed by atoms with Crippen molar-refractivity contribution in [1.82, 2.24) is 19.0 Å². The summed E-state index contributed by atoms with van der Waals surface area (Å²) >= 11 is 3.58. The number of imide groups is 1. The van der Waals surface area contributed by atoms with E-state index in [-0.39, 0.29) is 68.2 Å². The third kappa shape index (κ3) is 12.8. The Bertz CT molecular complexity index is 3680. The van der Waals surface area contributed by atoms with Gasteiger partial charge in [0.05, 0.1) is 28.3 Å². The maximum absolute atomic E-state index is 12.9. The first-order chi connectivity index (χ1) is 39.3. The highest BCUT2D eigenvalue weighted by atomic mass is 32.2. The van der Waals surface area contributed by atoms with E-state index >= 15 is 0 Å². The van der Waals surface area contributed by atoms with Crippen LogP contribution in [0.1, 0.15) is 54.4 Å². The topological polar surface area (TPSA) is 235 Å². The van der Waals surface area contributed by atoms with Crippen LogP contribution in [-0.2, 0) is 65.8 Å². The lowest BCUT2D eigenvalue weighted by Gasteiger charge is -2.26. The van der Waals surface area contributed by atoms with Crippen LogP contribution in [0.4, 0.5) is 45.5 Å². The summed E-state index contributed by atoms with van der Waals surface area (Å²) in [5, 5.41) is 30.4. The summed E-state index contributed by atoms with van der Waals surface area (Å²) in [6.07, 6.45) is 3.95. The first-order valence-electron chi connectivity index (χ1n) is 26.2. The number of nitrogens with zero attached hydrogens (tertiary/aromatic N) is 7. The molecule has 20 heteroatoms. The first kappa shape index (κ1) is 55.5. The molecule has 0 spiro atoms. The maximum Gasteiger partial charge on any atom is 0.303 e. The fraction of sp³-hybridized carbons (Fsp3) is 0.213. The third-order valence-electron chi connectivity index (χ3n) is 14.2. The second kappa shape index (κ2) is 25.1. The van der Waals surface area contributed by atoms with Crippen molar-refractivity contribution in [3.63, 3.8) is 0 Å². The van der Waals surface area contributed by atoms with Gasteiger partial charge in [-0.25, -0.2) is 0 Å². The van der Waals surface area contributed by atoms with E-state index in [9.17, 15) is 44.1 Å². The van der Waals surface area contributed by atoms with E-state index in [1.165, 1.54) is 16.7 Å². The number of carboxylic acids is 3. The van der Waals surface area contributed by atoms with Gasteiger partial charge in [-0.2, -0.15) is 29.2 Å². The number of benzene rings is 7. The Morgan fingerprint density at radius 1 is 0.543 bits per heavy atom. The van der Waals surface area contributed by atoms with Crippen LogP contribution < -0.4 is 15.1 Å². The monoisotopic (exact) mass is 1140 g/mol. The fourth-order valence-electron chi connectivity index (χ4n) is 9.98. The largest absolute Gasteiger partial charge is 0.481 e. The van der Waals surface area contributed by atoms with Crippen LogP contribution in [0, 0.1) is 0 Å². The van der Waals surface area contributed by atoms with Gasteiger partial charge in [-0.05, 0) is 138 Å². The number of carbonyl (C=O) groups excluding carboxylic acids is 3. The molecule has 2 aliphatic rings. The predicted molar refractivity (Wildman–Crippen MR) is 317 cm³/mol. The number of carbonyl (C=O) groups is 6. The number of fused-ring (bicyclic) bond motifs is 2. The van der Waals surface area contributed by atoms with Crippen LogP contribution in [0.2, 0.25) is 0 Å². The number of aromatic nitrogens is 2. The number of aliphatic carboxylic acids is 3. The highest BCUT2D eigenvalue weighted by Crippen LogP contribution is 2.52. The Kier molecular flexibility index (Phi) is 17.2. The zero-order chi connectivity index (χ0) is 56.6. The van der Waals surface area contributed by atoms with Crippen LogP contribution in [0.15, 0.2) is 154 Å². The molecule has 81 heavy (non-hydrogen) atoms. The predicted octanol–water partition coefficient (Wildman–Crippen LogP) is 12.3. The summed E-state index contributed by atoms with van der Waals surface area (Å²) in [7, 11) is 0. The highest BCUT2D eigenvalue weighted by Gasteiger charge is 2.37. The number of rotatable bonds is 24. The van der Waals surface area contributed by atoms with E-state index < -0.39 is 17.9 Å². The fourth-order valence-corrected chi connectivity index (χ4v) is 11.7. The van der Waals surface area contributed by atoms with Gasteiger partial charge in [-0.15, -0.1) is 0 Å². The van der Waals surface area contributed by atoms with E-state index in [1.54, 1.807) is 6.26 Å². The molecule has 0 radical (unpaired) electrons. The molecule has 410 valence electrons. The molecule has 7 aromatic carbocycles. The molecule has 0 aliphatic carbocycles. The molecule has 1 aromatic heterocycles. The summed E-state index contributed by atoms with van der Waals surface area (Å²) in [5.41, 5.74) is 14.8. The normalized spacial score (nSPS) is 13.5. The molecular weight excluding hydrogens is 1080 g/mol. The van der Waals surface area contributed by atoms with Gasteiger partial charge in [-0.1, -0.05) is 72.8 Å². The zero-order valence-corrected chi connectivity index (χ0v) is 46.3. The Labute approximate surface area is 478 Å². The number of thioether (sulfide) groups is 1. The molecule has 17 nitrogen and oxygen atoms in total. The van der Waals surface area contributed by atoms with Gasteiger partial charge in [0.2, 0.25) is 17.7 Å². The second-order valence-electron chi connectivity index (χ2n) is 19.4. The number of nitrogens with one attached hydrogen (secondary N) is 1. The number of hydrogen-bond donors (Lipinski definition) is 4. The molecule has 1 atom stereocenters. The van der Waals surface area contributed by atoms with E-state index in [0.717, 1.165) is 102 Å². The number of amides is 3. The van der Waals surface area contributed by atoms with Gasteiger partial charge in [0.1, 0.15) is 22.4 Å². The second-order valence-corrected chi connectivity index (χ2v) is 21.5. The van der Waals surface area contributed by atoms with Gasteiger partial charge in [0, 0.05) is 90.4 Å². The van der Waals surface area contributed by atoms with E-state index in [0.29, 0.717) is 48.1 Å². The lowest BCUT2D eigenvalue weighted by Crippen LogP contribution is -2.38. The van der Waals surface area contributed by atoms with E-state index in [4.69, 9.17) is 17.5 Å².